The Morgan fingerprint density at radius 1 is 1.53 bits per heavy atom. The third-order valence-electron chi connectivity index (χ3n) is 3.75. The van der Waals surface area contributed by atoms with Crippen molar-refractivity contribution in [3.63, 3.8) is 0 Å². The smallest absolute Gasteiger partial charge is 0.248 e. The molecule has 4 nitrogen and oxygen atoms in total. The van der Waals surface area contributed by atoms with Crippen LogP contribution in [0.4, 0.5) is 5.69 Å². The number of nitrogens with zero attached hydrogens (tertiary/aromatic N) is 1. The molecule has 2 aliphatic rings. The molecular weight excluding hydrogens is 260 g/mol. The minimum atomic E-state index is -0.503. The molecular formula is C14H18N2O2S. The molecule has 0 aliphatic carbocycles. The maximum Gasteiger partial charge on any atom is 0.248 e. The number of hydrogen-bond acceptors (Lipinski definition) is 4. The van der Waals surface area contributed by atoms with Gasteiger partial charge in [-0.2, -0.15) is 0 Å². The lowest BCUT2D eigenvalue weighted by Crippen LogP contribution is -2.27. The van der Waals surface area contributed by atoms with Gasteiger partial charge in [0.2, 0.25) is 5.91 Å². The zero-order valence-corrected chi connectivity index (χ0v) is 11.8. The van der Waals surface area contributed by atoms with Gasteiger partial charge in [-0.15, -0.1) is 11.8 Å². The van der Waals surface area contributed by atoms with E-state index in [1.54, 1.807) is 23.7 Å². The molecule has 2 atom stereocenters. The number of carbonyl (C=O) groups is 1. The molecule has 1 aromatic carbocycles. The predicted molar refractivity (Wildman–Crippen MR) is 76.5 cm³/mol. The van der Waals surface area contributed by atoms with Gasteiger partial charge in [0.1, 0.15) is 6.04 Å². The van der Waals surface area contributed by atoms with Gasteiger partial charge in [0.15, 0.2) is 0 Å². The summed E-state index contributed by atoms with van der Waals surface area (Å²) in [5.74, 6) is 0.943. The fraction of sp³-hybridized carbons (Fsp3) is 0.500. The van der Waals surface area contributed by atoms with E-state index < -0.39 is 6.04 Å². The standard InChI is InChI=1S/C14H18N2O2S/c1-16-12-7-10(19-8-9-3-2-6-18-9)4-5-11(12)13(15)14(16)17/h4-5,7,9,13H,2-3,6,8,15H2,1H3. The Kier molecular flexibility index (Phi) is 3.52. The number of anilines is 1. The van der Waals surface area contributed by atoms with Crippen molar-refractivity contribution in [2.24, 2.45) is 5.73 Å². The summed E-state index contributed by atoms with van der Waals surface area (Å²) in [6, 6.07) is 5.57. The molecule has 5 heteroatoms. The highest BCUT2D eigenvalue weighted by Crippen LogP contribution is 2.36. The molecule has 102 valence electrons. The first-order valence-corrected chi connectivity index (χ1v) is 7.57. The second-order valence-corrected chi connectivity index (χ2v) is 6.13. The van der Waals surface area contributed by atoms with Crippen molar-refractivity contribution in [3.8, 4) is 0 Å². The van der Waals surface area contributed by atoms with E-state index in [1.165, 1.54) is 11.3 Å². The molecule has 0 radical (unpaired) electrons. The minimum absolute atomic E-state index is 0.0312. The van der Waals surface area contributed by atoms with Crippen LogP contribution in [0.25, 0.3) is 0 Å². The van der Waals surface area contributed by atoms with Gasteiger partial charge >= 0.3 is 0 Å². The third kappa shape index (κ3) is 2.38. The Labute approximate surface area is 117 Å². The fourth-order valence-corrected chi connectivity index (χ4v) is 3.59. The summed E-state index contributed by atoms with van der Waals surface area (Å²) in [7, 11) is 1.78. The van der Waals surface area contributed by atoms with E-state index in [1.807, 2.05) is 12.1 Å². The highest BCUT2D eigenvalue weighted by molar-refractivity contribution is 7.99. The van der Waals surface area contributed by atoms with Gasteiger partial charge in [0, 0.05) is 35.6 Å². The van der Waals surface area contributed by atoms with E-state index in [4.69, 9.17) is 10.5 Å². The van der Waals surface area contributed by atoms with Crippen molar-refractivity contribution in [2.75, 3.05) is 24.3 Å². The maximum absolute atomic E-state index is 11.8. The van der Waals surface area contributed by atoms with E-state index in [9.17, 15) is 4.79 Å². The summed E-state index contributed by atoms with van der Waals surface area (Å²) < 4.78 is 5.62. The summed E-state index contributed by atoms with van der Waals surface area (Å²) in [6.07, 6.45) is 2.70. The Balaban J connectivity index is 1.73. The monoisotopic (exact) mass is 278 g/mol. The summed E-state index contributed by atoms with van der Waals surface area (Å²) in [6.45, 7) is 0.890. The van der Waals surface area contributed by atoms with Crippen molar-refractivity contribution in [1.29, 1.82) is 0 Å². The van der Waals surface area contributed by atoms with Crippen molar-refractivity contribution in [2.45, 2.75) is 29.9 Å². The molecule has 19 heavy (non-hydrogen) atoms. The average molecular weight is 278 g/mol. The fourth-order valence-electron chi connectivity index (χ4n) is 2.59. The van der Waals surface area contributed by atoms with Crippen LogP contribution in [0, 0.1) is 0 Å². The summed E-state index contributed by atoms with van der Waals surface area (Å²) >= 11 is 1.78. The number of fused-ring (bicyclic) bond motifs is 1. The van der Waals surface area contributed by atoms with Gasteiger partial charge in [0.05, 0.1) is 6.10 Å². The zero-order chi connectivity index (χ0) is 13.4. The Morgan fingerprint density at radius 3 is 3.11 bits per heavy atom. The molecule has 0 spiro atoms. The first-order valence-electron chi connectivity index (χ1n) is 6.58. The SMILES string of the molecule is CN1C(=O)C(N)c2ccc(SCC3CCCO3)cc21. The number of nitrogens with two attached hydrogens (primary N) is 1. The number of benzene rings is 1. The van der Waals surface area contributed by atoms with Gasteiger partial charge in [-0.1, -0.05) is 6.07 Å². The lowest BCUT2D eigenvalue weighted by Gasteiger charge is -2.12. The Bertz CT molecular complexity index is 500. The summed E-state index contributed by atoms with van der Waals surface area (Å²) in [5.41, 5.74) is 7.75. The minimum Gasteiger partial charge on any atom is -0.377 e. The van der Waals surface area contributed by atoms with Crippen molar-refractivity contribution < 1.29 is 9.53 Å². The van der Waals surface area contributed by atoms with E-state index in [-0.39, 0.29) is 5.91 Å². The van der Waals surface area contributed by atoms with E-state index >= 15 is 0 Å². The van der Waals surface area contributed by atoms with Gasteiger partial charge in [0.25, 0.3) is 0 Å². The Morgan fingerprint density at radius 2 is 2.37 bits per heavy atom. The van der Waals surface area contributed by atoms with Crippen LogP contribution in [-0.4, -0.2) is 31.4 Å². The second-order valence-electron chi connectivity index (χ2n) is 5.04. The number of likely N-dealkylation sites (N-methyl/N-ethyl adjacent to an activating group) is 1. The van der Waals surface area contributed by atoms with Crippen LogP contribution in [0.1, 0.15) is 24.4 Å². The maximum atomic E-state index is 11.8. The van der Waals surface area contributed by atoms with Crippen molar-refractivity contribution >= 4 is 23.4 Å². The van der Waals surface area contributed by atoms with Crippen LogP contribution in [0.2, 0.25) is 0 Å². The quantitative estimate of drug-likeness (QED) is 0.858. The molecule has 2 aliphatic heterocycles. The predicted octanol–water partition coefficient (Wildman–Crippen LogP) is 1.93. The molecule has 1 amide bonds. The van der Waals surface area contributed by atoms with Crippen LogP contribution in [0.5, 0.6) is 0 Å². The Hall–Kier alpha value is -1.04. The highest BCUT2D eigenvalue weighted by atomic mass is 32.2. The zero-order valence-electron chi connectivity index (χ0n) is 11.0. The van der Waals surface area contributed by atoms with Gasteiger partial charge in [-0.05, 0) is 25.0 Å². The molecule has 0 bridgehead atoms. The lowest BCUT2D eigenvalue weighted by atomic mass is 10.1. The molecule has 2 heterocycles. The molecule has 2 unspecified atom stereocenters. The van der Waals surface area contributed by atoms with Gasteiger partial charge < -0.3 is 15.4 Å². The highest BCUT2D eigenvalue weighted by Gasteiger charge is 2.32. The summed E-state index contributed by atoms with van der Waals surface area (Å²) in [5, 5.41) is 0. The number of thioether (sulfide) groups is 1. The van der Waals surface area contributed by atoms with Crippen LogP contribution >= 0.6 is 11.8 Å². The van der Waals surface area contributed by atoms with Crippen molar-refractivity contribution in [3.05, 3.63) is 23.8 Å². The van der Waals surface area contributed by atoms with Crippen LogP contribution in [0.15, 0.2) is 23.1 Å². The third-order valence-corrected chi connectivity index (χ3v) is 4.88. The molecule has 2 N–H and O–H groups in total. The number of carbonyl (C=O) groups excluding carboxylic acids is 1. The summed E-state index contributed by atoms with van der Waals surface area (Å²) in [4.78, 5) is 14.6. The van der Waals surface area contributed by atoms with Gasteiger partial charge in [-0.3, -0.25) is 4.79 Å². The molecule has 0 aromatic heterocycles. The molecule has 3 rings (SSSR count). The number of hydrogen-bond donors (Lipinski definition) is 1. The first kappa shape index (κ1) is 13.0. The largest absolute Gasteiger partial charge is 0.377 e. The van der Waals surface area contributed by atoms with Gasteiger partial charge in [-0.25, -0.2) is 0 Å². The first-order chi connectivity index (χ1) is 9.16. The van der Waals surface area contributed by atoms with Crippen molar-refractivity contribution in [1.82, 2.24) is 0 Å². The normalized spacial score (nSPS) is 26.0. The van der Waals surface area contributed by atoms with E-state index in [2.05, 4.69) is 6.07 Å². The number of ether oxygens (including phenoxy) is 1. The molecule has 1 saturated heterocycles. The molecule has 1 aromatic rings. The van der Waals surface area contributed by atoms with Crippen LogP contribution in [-0.2, 0) is 9.53 Å². The van der Waals surface area contributed by atoms with E-state index in [0.717, 1.165) is 30.0 Å². The second kappa shape index (κ2) is 5.15. The number of amides is 1. The lowest BCUT2D eigenvalue weighted by molar-refractivity contribution is -0.118. The average Bonchev–Trinajstić information content (AvgIpc) is 3.01. The van der Waals surface area contributed by atoms with Crippen LogP contribution < -0.4 is 10.6 Å². The van der Waals surface area contributed by atoms with Crippen LogP contribution in [0.3, 0.4) is 0 Å². The topological polar surface area (TPSA) is 55.6 Å². The van der Waals surface area contributed by atoms with E-state index in [0.29, 0.717) is 6.10 Å². The molecule has 0 saturated carbocycles. The molecule has 1 fully saturated rings. The number of rotatable bonds is 3.